The molecule has 1 atom stereocenters. The molecule has 2 rings (SSSR count). The lowest BCUT2D eigenvalue weighted by Crippen LogP contribution is -2.12. The summed E-state index contributed by atoms with van der Waals surface area (Å²) in [4.78, 5) is 0. The van der Waals surface area contributed by atoms with Gasteiger partial charge in [0.2, 0.25) is 0 Å². The predicted octanol–water partition coefficient (Wildman–Crippen LogP) is 5.03. The molecule has 2 nitrogen and oxygen atoms in total. The van der Waals surface area contributed by atoms with Crippen molar-refractivity contribution in [2.45, 2.75) is 26.8 Å². The van der Waals surface area contributed by atoms with E-state index in [1.54, 1.807) is 0 Å². The Morgan fingerprint density at radius 1 is 1.05 bits per heavy atom. The molecule has 0 aliphatic heterocycles. The van der Waals surface area contributed by atoms with Crippen LogP contribution in [0.2, 0.25) is 5.02 Å². The van der Waals surface area contributed by atoms with Crippen molar-refractivity contribution in [2.75, 3.05) is 7.05 Å². The van der Waals surface area contributed by atoms with Gasteiger partial charge in [-0.15, -0.1) is 0 Å². The first kappa shape index (κ1) is 14.9. The van der Waals surface area contributed by atoms with Gasteiger partial charge in [0.15, 0.2) is 0 Å². The van der Waals surface area contributed by atoms with Crippen LogP contribution in [0, 0.1) is 13.8 Å². The van der Waals surface area contributed by atoms with Crippen LogP contribution >= 0.6 is 11.6 Å². The molecule has 0 spiro atoms. The molecule has 0 fully saturated rings. The van der Waals surface area contributed by atoms with E-state index in [2.05, 4.69) is 25.2 Å². The van der Waals surface area contributed by atoms with Crippen molar-refractivity contribution in [2.24, 2.45) is 0 Å². The Balaban J connectivity index is 2.25. The Hall–Kier alpha value is -1.51. The van der Waals surface area contributed by atoms with Crippen LogP contribution < -0.4 is 10.1 Å². The summed E-state index contributed by atoms with van der Waals surface area (Å²) in [5.41, 5.74) is 3.47. The second-order valence-electron chi connectivity index (χ2n) is 5.07. The Labute approximate surface area is 125 Å². The van der Waals surface area contributed by atoms with E-state index < -0.39 is 0 Å². The molecule has 1 N–H and O–H groups in total. The minimum Gasteiger partial charge on any atom is -0.456 e. The standard InChI is InChI=1S/C17H20ClNO/c1-11-5-7-16(12(2)9-11)20-17-8-6-14(10-15(17)18)13(3)19-4/h5-10,13,19H,1-4H3. The number of hydrogen-bond acceptors (Lipinski definition) is 2. The highest BCUT2D eigenvalue weighted by atomic mass is 35.5. The minimum atomic E-state index is 0.266. The van der Waals surface area contributed by atoms with E-state index in [1.165, 1.54) is 5.56 Å². The summed E-state index contributed by atoms with van der Waals surface area (Å²) >= 11 is 6.31. The van der Waals surface area contributed by atoms with E-state index >= 15 is 0 Å². The highest BCUT2D eigenvalue weighted by molar-refractivity contribution is 6.32. The van der Waals surface area contributed by atoms with E-state index in [0.29, 0.717) is 10.8 Å². The topological polar surface area (TPSA) is 21.3 Å². The Morgan fingerprint density at radius 2 is 1.75 bits per heavy atom. The van der Waals surface area contributed by atoms with Crippen LogP contribution in [-0.2, 0) is 0 Å². The molecule has 0 aliphatic rings. The van der Waals surface area contributed by atoms with Gasteiger partial charge in [0.05, 0.1) is 5.02 Å². The maximum atomic E-state index is 6.31. The van der Waals surface area contributed by atoms with E-state index in [9.17, 15) is 0 Å². The molecule has 1 unspecified atom stereocenters. The summed E-state index contributed by atoms with van der Waals surface area (Å²) < 4.78 is 5.91. The Bertz CT molecular complexity index is 610. The summed E-state index contributed by atoms with van der Waals surface area (Å²) in [6, 6.07) is 12.3. The van der Waals surface area contributed by atoms with Crippen molar-refractivity contribution in [1.82, 2.24) is 5.32 Å². The van der Waals surface area contributed by atoms with Gasteiger partial charge in [-0.05, 0) is 57.1 Å². The maximum Gasteiger partial charge on any atom is 0.146 e. The third kappa shape index (κ3) is 3.33. The van der Waals surface area contributed by atoms with Gasteiger partial charge in [0.1, 0.15) is 11.5 Å². The van der Waals surface area contributed by atoms with Crippen molar-refractivity contribution in [1.29, 1.82) is 0 Å². The van der Waals surface area contributed by atoms with Gasteiger partial charge >= 0.3 is 0 Å². The largest absolute Gasteiger partial charge is 0.456 e. The minimum absolute atomic E-state index is 0.266. The van der Waals surface area contributed by atoms with Crippen LogP contribution in [-0.4, -0.2) is 7.05 Å². The van der Waals surface area contributed by atoms with E-state index in [-0.39, 0.29) is 6.04 Å². The molecule has 0 bridgehead atoms. The lowest BCUT2D eigenvalue weighted by Gasteiger charge is -2.14. The summed E-state index contributed by atoms with van der Waals surface area (Å²) in [6.45, 7) is 6.20. The highest BCUT2D eigenvalue weighted by Gasteiger charge is 2.09. The summed E-state index contributed by atoms with van der Waals surface area (Å²) in [5.74, 6) is 1.53. The van der Waals surface area contributed by atoms with Crippen LogP contribution in [0.5, 0.6) is 11.5 Å². The second-order valence-corrected chi connectivity index (χ2v) is 5.48. The second kappa shape index (κ2) is 6.29. The van der Waals surface area contributed by atoms with E-state index in [4.69, 9.17) is 16.3 Å². The SMILES string of the molecule is CNC(C)c1ccc(Oc2ccc(C)cc2C)c(Cl)c1. The number of hydrogen-bond donors (Lipinski definition) is 1. The molecule has 2 aromatic rings. The summed E-state index contributed by atoms with van der Waals surface area (Å²) in [7, 11) is 1.93. The average molecular weight is 290 g/mol. The van der Waals surface area contributed by atoms with E-state index in [1.807, 2.05) is 44.3 Å². The van der Waals surface area contributed by atoms with Gasteiger partial charge in [-0.25, -0.2) is 0 Å². The van der Waals surface area contributed by atoms with Crippen molar-refractivity contribution in [3.8, 4) is 11.5 Å². The van der Waals surface area contributed by atoms with Crippen molar-refractivity contribution < 1.29 is 4.74 Å². The fourth-order valence-electron chi connectivity index (χ4n) is 2.07. The Morgan fingerprint density at radius 3 is 2.35 bits per heavy atom. The number of aryl methyl sites for hydroxylation is 2. The molecular formula is C17H20ClNO. The lowest BCUT2D eigenvalue weighted by atomic mass is 10.1. The summed E-state index contributed by atoms with van der Waals surface area (Å²) in [5, 5.41) is 3.82. The zero-order valence-corrected chi connectivity index (χ0v) is 13.1. The number of benzene rings is 2. The molecule has 2 aromatic carbocycles. The van der Waals surface area contributed by atoms with Crippen LogP contribution in [0.4, 0.5) is 0 Å². The molecule has 0 aliphatic carbocycles. The predicted molar refractivity (Wildman–Crippen MR) is 84.9 cm³/mol. The van der Waals surface area contributed by atoms with Gasteiger partial charge in [-0.3, -0.25) is 0 Å². The molecular weight excluding hydrogens is 270 g/mol. The highest BCUT2D eigenvalue weighted by Crippen LogP contribution is 2.33. The average Bonchev–Trinajstić information content (AvgIpc) is 2.42. The zero-order chi connectivity index (χ0) is 14.7. The monoisotopic (exact) mass is 289 g/mol. The van der Waals surface area contributed by atoms with Crippen LogP contribution in [0.1, 0.15) is 29.7 Å². The lowest BCUT2D eigenvalue weighted by molar-refractivity contribution is 0.478. The van der Waals surface area contributed by atoms with Crippen LogP contribution in [0.3, 0.4) is 0 Å². The normalized spacial score (nSPS) is 12.2. The maximum absolute atomic E-state index is 6.31. The quantitative estimate of drug-likeness (QED) is 0.852. The molecule has 106 valence electrons. The first-order valence-electron chi connectivity index (χ1n) is 6.73. The van der Waals surface area contributed by atoms with Crippen LogP contribution in [0.15, 0.2) is 36.4 Å². The molecule has 0 radical (unpaired) electrons. The fraction of sp³-hybridized carbons (Fsp3) is 0.294. The third-order valence-corrected chi connectivity index (χ3v) is 3.73. The first-order valence-corrected chi connectivity index (χ1v) is 7.11. The van der Waals surface area contributed by atoms with E-state index in [0.717, 1.165) is 16.9 Å². The van der Waals surface area contributed by atoms with Gasteiger partial charge in [0.25, 0.3) is 0 Å². The third-order valence-electron chi connectivity index (χ3n) is 3.44. The van der Waals surface area contributed by atoms with Gasteiger partial charge in [-0.2, -0.15) is 0 Å². The zero-order valence-electron chi connectivity index (χ0n) is 12.3. The first-order chi connectivity index (χ1) is 9.51. The van der Waals surface area contributed by atoms with Gasteiger partial charge in [0, 0.05) is 6.04 Å². The number of rotatable bonds is 4. The molecule has 3 heteroatoms. The molecule has 0 heterocycles. The Kier molecular flexibility index (Phi) is 4.69. The molecule has 0 amide bonds. The molecule has 20 heavy (non-hydrogen) atoms. The van der Waals surface area contributed by atoms with Gasteiger partial charge in [-0.1, -0.05) is 35.4 Å². The number of ether oxygens (including phenoxy) is 1. The van der Waals surface area contributed by atoms with Crippen molar-refractivity contribution in [3.63, 3.8) is 0 Å². The molecule has 0 saturated carbocycles. The van der Waals surface area contributed by atoms with Gasteiger partial charge < -0.3 is 10.1 Å². The summed E-state index contributed by atoms with van der Waals surface area (Å²) in [6.07, 6.45) is 0. The molecule has 0 saturated heterocycles. The van der Waals surface area contributed by atoms with Crippen molar-refractivity contribution in [3.05, 3.63) is 58.1 Å². The smallest absolute Gasteiger partial charge is 0.146 e. The van der Waals surface area contributed by atoms with Crippen LogP contribution in [0.25, 0.3) is 0 Å². The number of halogens is 1. The fourth-order valence-corrected chi connectivity index (χ4v) is 2.30. The molecule has 0 aromatic heterocycles. The number of nitrogens with one attached hydrogen (secondary N) is 1. The van der Waals surface area contributed by atoms with Crippen molar-refractivity contribution >= 4 is 11.6 Å².